The molecule has 1 saturated heterocycles. The maximum Gasteiger partial charge on any atom is 0.237 e. The summed E-state index contributed by atoms with van der Waals surface area (Å²) in [5.41, 5.74) is 4.18. The van der Waals surface area contributed by atoms with Crippen LogP contribution < -0.4 is 9.64 Å². The normalized spacial score (nSPS) is 22.2. The highest BCUT2D eigenvalue weighted by Crippen LogP contribution is 2.45. The number of rotatable bonds is 5. The van der Waals surface area contributed by atoms with Gasteiger partial charge in [-0.1, -0.05) is 56.3 Å². The van der Waals surface area contributed by atoms with E-state index in [-0.39, 0.29) is 23.7 Å². The molecule has 1 heterocycles. The molecule has 3 aromatic carbocycles. The molecule has 174 valence electrons. The van der Waals surface area contributed by atoms with E-state index in [0.717, 1.165) is 36.1 Å². The fourth-order valence-corrected chi connectivity index (χ4v) is 5.46. The molecule has 1 aliphatic carbocycles. The van der Waals surface area contributed by atoms with Crippen molar-refractivity contribution in [1.29, 1.82) is 0 Å². The Balaban J connectivity index is 1.34. The molecule has 2 aliphatic rings. The minimum absolute atomic E-state index is 0.0593. The van der Waals surface area contributed by atoms with Crippen LogP contribution in [0.1, 0.15) is 61.6 Å². The van der Waals surface area contributed by atoms with E-state index in [1.807, 2.05) is 55.5 Å². The monoisotopic (exact) mass is 453 g/mol. The molecule has 0 aromatic heterocycles. The van der Waals surface area contributed by atoms with Gasteiger partial charge < -0.3 is 4.74 Å². The summed E-state index contributed by atoms with van der Waals surface area (Å²) in [6.45, 7) is 6.34. The second-order valence-corrected chi connectivity index (χ2v) is 9.94. The lowest BCUT2D eigenvalue weighted by atomic mass is 9.73. The van der Waals surface area contributed by atoms with Crippen molar-refractivity contribution in [3.63, 3.8) is 0 Å². The number of carbonyl (C=O) groups excluding carboxylic acids is 2. The number of hydrogen-bond acceptors (Lipinski definition) is 3. The van der Waals surface area contributed by atoms with Crippen molar-refractivity contribution in [2.75, 3.05) is 4.90 Å². The molecular weight excluding hydrogens is 422 g/mol. The van der Waals surface area contributed by atoms with E-state index in [1.54, 1.807) is 0 Å². The molecule has 3 unspecified atom stereocenters. The fourth-order valence-electron chi connectivity index (χ4n) is 5.46. The van der Waals surface area contributed by atoms with Gasteiger partial charge in [0.05, 0.1) is 17.5 Å². The van der Waals surface area contributed by atoms with Crippen molar-refractivity contribution in [3.8, 4) is 11.5 Å². The standard InChI is InChI=1S/C30H31NO3/c1-19(2)25-15-9-20(3)17-28(25)34-24-13-11-23(12-14-24)31-29(32)26-16-10-22(18-27(26)30(31)33)21-7-5-4-6-8-21/h4-9,11-15,17,19,22,26-27H,10,16,18H2,1-3H3. The summed E-state index contributed by atoms with van der Waals surface area (Å²) in [7, 11) is 0. The maximum atomic E-state index is 13.3. The summed E-state index contributed by atoms with van der Waals surface area (Å²) in [5.74, 6) is 1.65. The average molecular weight is 454 g/mol. The van der Waals surface area contributed by atoms with Gasteiger partial charge in [-0.05, 0) is 85.0 Å². The van der Waals surface area contributed by atoms with Gasteiger partial charge in [-0.15, -0.1) is 0 Å². The largest absolute Gasteiger partial charge is 0.457 e. The van der Waals surface area contributed by atoms with Gasteiger partial charge in [-0.3, -0.25) is 14.5 Å². The van der Waals surface area contributed by atoms with Gasteiger partial charge in [0.1, 0.15) is 11.5 Å². The Kier molecular flexibility index (Phi) is 5.99. The average Bonchev–Trinajstić information content (AvgIpc) is 3.09. The first-order chi connectivity index (χ1) is 16.4. The molecule has 5 rings (SSSR count). The molecule has 3 atom stereocenters. The summed E-state index contributed by atoms with van der Waals surface area (Å²) in [5, 5.41) is 0. The summed E-state index contributed by atoms with van der Waals surface area (Å²) < 4.78 is 6.19. The van der Waals surface area contributed by atoms with Crippen molar-refractivity contribution < 1.29 is 14.3 Å². The first-order valence-electron chi connectivity index (χ1n) is 12.2. The van der Waals surface area contributed by atoms with Gasteiger partial charge in [0.15, 0.2) is 0 Å². The number of aryl methyl sites for hydroxylation is 1. The van der Waals surface area contributed by atoms with Crippen LogP contribution in [0.5, 0.6) is 11.5 Å². The highest BCUT2D eigenvalue weighted by Gasteiger charge is 2.50. The molecule has 4 heteroatoms. The lowest BCUT2D eigenvalue weighted by Gasteiger charge is -2.28. The molecular formula is C30H31NO3. The van der Waals surface area contributed by atoms with Crippen LogP contribution in [0.15, 0.2) is 72.8 Å². The van der Waals surface area contributed by atoms with Gasteiger partial charge in [-0.2, -0.15) is 0 Å². The maximum absolute atomic E-state index is 13.3. The Hall–Kier alpha value is -3.40. The van der Waals surface area contributed by atoms with Crippen LogP contribution in [0.2, 0.25) is 0 Å². The number of carbonyl (C=O) groups is 2. The van der Waals surface area contributed by atoms with Crippen molar-refractivity contribution >= 4 is 17.5 Å². The predicted octanol–water partition coefficient (Wildman–Crippen LogP) is 6.98. The second-order valence-electron chi connectivity index (χ2n) is 9.94. The van der Waals surface area contributed by atoms with Gasteiger partial charge in [0.2, 0.25) is 11.8 Å². The van der Waals surface area contributed by atoms with Crippen LogP contribution in [0.3, 0.4) is 0 Å². The van der Waals surface area contributed by atoms with Crippen molar-refractivity contribution in [2.24, 2.45) is 11.8 Å². The number of benzene rings is 3. The Morgan fingerprint density at radius 2 is 1.56 bits per heavy atom. The van der Waals surface area contributed by atoms with Gasteiger partial charge in [-0.25, -0.2) is 0 Å². The summed E-state index contributed by atoms with van der Waals surface area (Å²) in [4.78, 5) is 27.9. The predicted molar refractivity (Wildman–Crippen MR) is 134 cm³/mol. The van der Waals surface area contributed by atoms with E-state index < -0.39 is 0 Å². The third-order valence-electron chi connectivity index (χ3n) is 7.31. The number of ether oxygens (including phenoxy) is 1. The van der Waals surface area contributed by atoms with Gasteiger partial charge in [0.25, 0.3) is 0 Å². The highest BCUT2D eigenvalue weighted by molar-refractivity contribution is 6.22. The summed E-state index contributed by atoms with van der Waals surface area (Å²) >= 11 is 0. The van der Waals surface area contributed by atoms with E-state index in [1.165, 1.54) is 10.5 Å². The molecule has 0 radical (unpaired) electrons. The third kappa shape index (κ3) is 4.13. The topological polar surface area (TPSA) is 46.6 Å². The zero-order valence-electron chi connectivity index (χ0n) is 20.0. The molecule has 4 nitrogen and oxygen atoms in total. The number of hydrogen-bond donors (Lipinski definition) is 0. The molecule has 34 heavy (non-hydrogen) atoms. The van der Waals surface area contributed by atoms with E-state index >= 15 is 0 Å². The molecule has 2 amide bonds. The zero-order valence-corrected chi connectivity index (χ0v) is 20.0. The van der Waals surface area contributed by atoms with Crippen LogP contribution in [-0.2, 0) is 9.59 Å². The molecule has 0 bridgehead atoms. The van der Waals surface area contributed by atoms with Crippen molar-refractivity contribution in [2.45, 2.75) is 51.9 Å². The summed E-state index contributed by atoms with van der Waals surface area (Å²) in [6.07, 6.45) is 2.44. The van der Waals surface area contributed by atoms with Gasteiger partial charge in [0, 0.05) is 0 Å². The number of amides is 2. The molecule has 0 N–H and O–H groups in total. The van der Waals surface area contributed by atoms with E-state index in [4.69, 9.17) is 4.74 Å². The number of nitrogens with zero attached hydrogens (tertiary/aromatic N) is 1. The Labute approximate surface area is 201 Å². The first-order valence-corrected chi connectivity index (χ1v) is 12.2. The second kappa shape index (κ2) is 9.09. The smallest absolute Gasteiger partial charge is 0.237 e. The fraction of sp³-hybridized carbons (Fsp3) is 0.333. The zero-order chi connectivity index (χ0) is 23.8. The number of fused-ring (bicyclic) bond motifs is 1. The molecule has 2 fully saturated rings. The van der Waals surface area contributed by atoms with Crippen molar-refractivity contribution in [3.05, 3.63) is 89.5 Å². The molecule has 0 spiro atoms. The Morgan fingerprint density at radius 3 is 2.26 bits per heavy atom. The first kappa shape index (κ1) is 22.4. The van der Waals surface area contributed by atoms with Crippen LogP contribution in [-0.4, -0.2) is 11.8 Å². The van der Waals surface area contributed by atoms with Crippen molar-refractivity contribution in [1.82, 2.24) is 0 Å². The minimum atomic E-state index is -0.233. The number of imide groups is 1. The Bertz CT molecular complexity index is 1200. The lowest BCUT2D eigenvalue weighted by molar-refractivity contribution is -0.122. The van der Waals surface area contributed by atoms with E-state index in [2.05, 4.69) is 38.1 Å². The van der Waals surface area contributed by atoms with Crippen LogP contribution in [0.4, 0.5) is 5.69 Å². The van der Waals surface area contributed by atoms with E-state index in [0.29, 0.717) is 23.3 Å². The van der Waals surface area contributed by atoms with Crippen LogP contribution in [0, 0.1) is 18.8 Å². The minimum Gasteiger partial charge on any atom is -0.457 e. The van der Waals surface area contributed by atoms with Crippen LogP contribution in [0.25, 0.3) is 0 Å². The quantitative estimate of drug-likeness (QED) is 0.391. The number of anilines is 1. The summed E-state index contributed by atoms with van der Waals surface area (Å²) in [6, 6.07) is 23.9. The van der Waals surface area contributed by atoms with Gasteiger partial charge >= 0.3 is 0 Å². The highest BCUT2D eigenvalue weighted by atomic mass is 16.5. The molecule has 3 aromatic rings. The third-order valence-corrected chi connectivity index (χ3v) is 7.31. The van der Waals surface area contributed by atoms with Crippen LogP contribution >= 0.6 is 0 Å². The SMILES string of the molecule is Cc1ccc(C(C)C)c(Oc2ccc(N3C(=O)C4CCC(c5ccccc5)CC4C3=O)cc2)c1. The lowest BCUT2D eigenvalue weighted by Crippen LogP contribution is -2.30. The molecule has 1 saturated carbocycles. The Morgan fingerprint density at radius 1 is 0.853 bits per heavy atom. The molecule has 1 aliphatic heterocycles. The van der Waals surface area contributed by atoms with E-state index in [9.17, 15) is 9.59 Å².